The van der Waals surface area contributed by atoms with Gasteiger partial charge in [0.1, 0.15) is 0 Å². The van der Waals surface area contributed by atoms with Crippen molar-refractivity contribution in [2.24, 2.45) is 5.92 Å². The molecule has 1 aliphatic rings. The van der Waals surface area contributed by atoms with Gasteiger partial charge in [0.15, 0.2) is 0 Å². The lowest BCUT2D eigenvalue weighted by molar-refractivity contribution is 0.177. The summed E-state index contributed by atoms with van der Waals surface area (Å²) < 4.78 is 0. The number of nitrogens with zero attached hydrogens (tertiary/aromatic N) is 1. The molecule has 1 aliphatic heterocycles. The van der Waals surface area contributed by atoms with E-state index < -0.39 is 0 Å². The highest BCUT2D eigenvalue weighted by Crippen LogP contribution is 2.14. The molecule has 2 heteroatoms. The minimum Gasteiger partial charge on any atom is -0.317 e. The van der Waals surface area contributed by atoms with Crippen LogP contribution in [0.2, 0.25) is 0 Å². The van der Waals surface area contributed by atoms with Gasteiger partial charge in [-0.3, -0.25) is 0 Å². The molecular weight excluding hydrogens is 160 g/mol. The fourth-order valence-corrected chi connectivity index (χ4v) is 2.10. The lowest BCUT2D eigenvalue weighted by atomic mass is 9.97. The van der Waals surface area contributed by atoms with Crippen LogP contribution < -0.4 is 5.32 Å². The summed E-state index contributed by atoms with van der Waals surface area (Å²) in [6, 6.07) is 0.708. The van der Waals surface area contributed by atoms with Gasteiger partial charge in [-0.05, 0) is 52.2 Å². The number of rotatable bonds is 4. The van der Waals surface area contributed by atoms with Crippen LogP contribution in [0.1, 0.15) is 33.6 Å². The molecule has 0 saturated carbocycles. The molecule has 1 fully saturated rings. The smallest absolute Gasteiger partial charge is 0.00385 e. The minimum absolute atomic E-state index is 0.708. The fraction of sp³-hybridized carbons (Fsp3) is 1.00. The highest BCUT2D eigenvalue weighted by atomic mass is 15.1. The molecule has 0 aliphatic carbocycles. The van der Waals surface area contributed by atoms with Crippen molar-refractivity contribution in [2.75, 3.05) is 26.2 Å². The number of hydrogen-bond acceptors (Lipinski definition) is 2. The summed E-state index contributed by atoms with van der Waals surface area (Å²) in [5.74, 6) is 0.934. The van der Waals surface area contributed by atoms with Gasteiger partial charge in [0, 0.05) is 12.6 Å². The summed E-state index contributed by atoms with van der Waals surface area (Å²) >= 11 is 0. The van der Waals surface area contributed by atoms with Gasteiger partial charge in [0.05, 0.1) is 0 Å². The predicted octanol–water partition coefficient (Wildman–Crippen LogP) is 1.72. The molecular formula is C11H24N2. The molecule has 0 unspecified atom stereocenters. The third-order valence-corrected chi connectivity index (χ3v) is 3.09. The standard InChI is InChI=1S/C11H24N2/c1-4-13(10(2)3)9-11-5-7-12-8-6-11/h10-12H,4-9H2,1-3H3. The van der Waals surface area contributed by atoms with Crippen LogP contribution in [-0.2, 0) is 0 Å². The van der Waals surface area contributed by atoms with Crippen molar-refractivity contribution in [3.8, 4) is 0 Å². The molecule has 0 aromatic heterocycles. The summed E-state index contributed by atoms with van der Waals surface area (Å²) in [7, 11) is 0. The predicted molar refractivity (Wildman–Crippen MR) is 58.0 cm³/mol. The quantitative estimate of drug-likeness (QED) is 0.715. The second-order valence-electron chi connectivity index (χ2n) is 4.37. The maximum Gasteiger partial charge on any atom is 0.00385 e. The first-order valence-electron chi connectivity index (χ1n) is 5.68. The Morgan fingerprint density at radius 1 is 1.31 bits per heavy atom. The zero-order valence-electron chi connectivity index (χ0n) is 9.34. The Labute approximate surface area is 82.7 Å². The zero-order chi connectivity index (χ0) is 9.68. The first kappa shape index (κ1) is 11.0. The molecule has 1 rings (SSSR count). The van der Waals surface area contributed by atoms with Crippen molar-refractivity contribution in [3.63, 3.8) is 0 Å². The largest absolute Gasteiger partial charge is 0.317 e. The second kappa shape index (κ2) is 5.61. The Morgan fingerprint density at radius 2 is 1.92 bits per heavy atom. The molecule has 0 amide bonds. The molecule has 0 atom stereocenters. The Balaban J connectivity index is 2.27. The highest BCUT2D eigenvalue weighted by molar-refractivity contribution is 4.73. The van der Waals surface area contributed by atoms with Gasteiger partial charge < -0.3 is 10.2 Å². The zero-order valence-corrected chi connectivity index (χ0v) is 9.34. The fourth-order valence-electron chi connectivity index (χ4n) is 2.10. The summed E-state index contributed by atoms with van der Waals surface area (Å²) in [5.41, 5.74) is 0. The average molecular weight is 184 g/mol. The van der Waals surface area contributed by atoms with E-state index in [-0.39, 0.29) is 0 Å². The normalized spacial score (nSPS) is 20.1. The van der Waals surface area contributed by atoms with Crippen LogP contribution in [0.4, 0.5) is 0 Å². The van der Waals surface area contributed by atoms with Crippen LogP contribution in [0.25, 0.3) is 0 Å². The maximum atomic E-state index is 3.42. The number of piperidine rings is 1. The van der Waals surface area contributed by atoms with Gasteiger partial charge >= 0.3 is 0 Å². The van der Waals surface area contributed by atoms with Gasteiger partial charge in [-0.2, -0.15) is 0 Å². The summed E-state index contributed by atoms with van der Waals surface area (Å²) in [6.45, 7) is 11.8. The maximum absolute atomic E-state index is 3.42. The van der Waals surface area contributed by atoms with E-state index in [1.807, 2.05) is 0 Å². The molecule has 13 heavy (non-hydrogen) atoms. The molecule has 0 aromatic carbocycles. The average Bonchev–Trinajstić information content (AvgIpc) is 2.15. The molecule has 1 saturated heterocycles. The second-order valence-corrected chi connectivity index (χ2v) is 4.37. The molecule has 78 valence electrons. The highest BCUT2D eigenvalue weighted by Gasteiger charge is 2.17. The van der Waals surface area contributed by atoms with Crippen LogP contribution in [0, 0.1) is 5.92 Å². The third-order valence-electron chi connectivity index (χ3n) is 3.09. The van der Waals surface area contributed by atoms with E-state index in [0.717, 1.165) is 5.92 Å². The van der Waals surface area contributed by atoms with Gasteiger partial charge in [-0.15, -0.1) is 0 Å². The third kappa shape index (κ3) is 3.65. The van der Waals surface area contributed by atoms with Crippen molar-refractivity contribution in [1.82, 2.24) is 10.2 Å². The monoisotopic (exact) mass is 184 g/mol. The van der Waals surface area contributed by atoms with Gasteiger partial charge in [-0.1, -0.05) is 6.92 Å². The first-order valence-corrected chi connectivity index (χ1v) is 5.68. The molecule has 1 N–H and O–H groups in total. The van der Waals surface area contributed by atoms with E-state index in [9.17, 15) is 0 Å². The molecule has 0 bridgehead atoms. The van der Waals surface area contributed by atoms with Crippen molar-refractivity contribution in [2.45, 2.75) is 39.7 Å². The van der Waals surface area contributed by atoms with Crippen LogP contribution in [0.5, 0.6) is 0 Å². The van der Waals surface area contributed by atoms with E-state index in [1.165, 1.54) is 39.0 Å². The lowest BCUT2D eigenvalue weighted by Gasteiger charge is -2.31. The Hall–Kier alpha value is -0.0800. The van der Waals surface area contributed by atoms with E-state index in [2.05, 4.69) is 31.0 Å². The summed E-state index contributed by atoms with van der Waals surface area (Å²) in [5, 5.41) is 3.42. The first-order chi connectivity index (χ1) is 6.24. The van der Waals surface area contributed by atoms with E-state index in [0.29, 0.717) is 6.04 Å². The van der Waals surface area contributed by atoms with Gasteiger partial charge in [0.2, 0.25) is 0 Å². The van der Waals surface area contributed by atoms with Gasteiger partial charge in [0.25, 0.3) is 0 Å². The van der Waals surface area contributed by atoms with E-state index in [1.54, 1.807) is 0 Å². The minimum atomic E-state index is 0.708. The Morgan fingerprint density at radius 3 is 2.38 bits per heavy atom. The molecule has 1 heterocycles. The SMILES string of the molecule is CCN(CC1CCNCC1)C(C)C. The van der Waals surface area contributed by atoms with E-state index >= 15 is 0 Å². The topological polar surface area (TPSA) is 15.3 Å². The molecule has 2 nitrogen and oxygen atoms in total. The van der Waals surface area contributed by atoms with Crippen molar-refractivity contribution in [1.29, 1.82) is 0 Å². The summed E-state index contributed by atoms with van der Waals surface area (Å²) in [6.07, 6.45) is 2.73. The van der Waals surface area contributed by atoms with Crippen molar-refractivity contribution < 1.29 is 0 Å². The van der Waals surface area contributed by atoms with Gasteiger partial charge in [-0.25, -0.2) is 0 Å². The van der Waals surface area contributed by atoms with E-state index in [4.69, 9.17) is 0 Å². The van der Waals surface area contributed by atoms with Crippen LogP contribution in [-0.4, -0.2) is 37.1 Å². The molecule has 0 spiro atoms. The lowest BCUT2D eigenvalue weighted by Crippen LogP contribution is -2.39. The van der Waals surface area contributed by atoms with Crippen molar-refractivity contribution >= 4 is 0 Å². The van der Waals surface area contributed by atoms with Crippen LogP contribution in [0.15, 0.2) is 0 Å². The summed E-state index contributed by atoms with van der Waals surface area (Å²) in [4.78, 5) is 2.58. The van der Waals surface area contributed by atoms with Crippen LogP contribution in [0.3, 0.4) is 0 Å². The Bertz CT molecular complexity index is 128. The van der Waals surface area contributed by atoms with Crippen LogP contribution >= 0.6 is 0 Å². The Kier molecular flexibility index (Phi) is 4.74. The molecule has 0 aromatic rings. The number of nitrogens with one attached hydrogen (secondary N) is 1. The molecule has 0 radical (unpaired) electrons. The number of hydrogen-bond donors (Lipinski definition) is 1. The van der Waals surface area contributed by atoms with Crippen molar-refractivity contribution in [3.05, 3.63) is 0 Å².